The number of aryl methyl sites for hydroxylation is 1. The number of carbonyl (C=O) groups excluding carboxylic acids is 1. The lowest BCUT2D eigenvalue weighted by Crippen LogP contribution is -2.30. The molecule has 0 N–H and O–H groups in total. The number of aromatic nitrogens is 4. The minimum absolute atomic E-state index is 0.111. The molecule has 2 aromatic heterocycles. The molecular weight excluding hydrogens is 452 g/mol. The number of rotatable bonds is 6. The summed E-state index contributed by atoms with van der Waals surface area (Å²) < 4.78 is 29.8. The van der Waals surface area contributed by atoms with E-state index in [-0.39, 0.29) is 22.6 Å². The molecule has 0 fully saturated rings. The van der Waals surface area contributed by atoms with Crippen LogP contribution in [0.15, 0.2) is 15.1 Å². The number of nitrogens with zero attached hydrogens (tertiary/aromatic N) is 5. The van der Waals surface area contributed by atoms with E-state index >= 15 is 0 Å². The maximum absolute atomic E-state index is 12.9. The third-order valence-electron chi connectivity index (χ3n) is 3.57. The normalized spacial score (nSPS) is 11.3. The van der Waals surface area contributed by atoms with Crippen LogP contribution < -0.4 is 0 Å². The first kappa shape index (κ1) is 19.0. The zero-order chi connectivity index (χ0) is 18.0. The van der Waals surface area contributed by atoms with Crippen molar-refractivity contribution in [2.24, 2.45) is 0 Å². The fourth-order valence-corrected chi connectivity index (χ4v) is 3.01. The molecule has 2 heterocycles. The Morgan fingerprint density at radius 3 is 2.54 bits per heavy atom. The smallest absolute Gasteiger partial charge is 0.283 e. The molecule has 0 aliphatic rings. The van der Waals surface area contributed by atoms with Crippen LogP contribution in [0.2, 0.25) is 0 Å². The molecule has 24 heavy (non-hydrogen) atoms. The highest BCUT2D eigenvalue weighted by Crippen LogP contribution is 2.29. The van der Waals surface area contributed by atoms with Gasteiger partial charge in [0, 0.05) is 19.8 Å². The van der Waals surface area contributed by atoms with E-state index < -0.39 is 6.43 Å². The van der Waals surface area contributed by atoms with Gasteiger partial charge < -0.3 is 4.90 Å². The van der Waals surface area contributed by atoms with Crippen molar-refractivity contribution in [3.63, 3.8) is 0 Å². The number of carbonyl (C=O) groups is 1. The second-order valence-corrected chi connectivity index (χ2v) is 6.92. The molecule has 10 heteroatoms. The maximum Gasteiger partial charge on any atom is 0.283 e. The summed E-state index contributed by atoms with van der Waals surface area (Å²) >= 11 is 6.51. The predicted molar refractivity (Wildman–Crippen MR) is 91.7 cm³/mol. The summed E-state index contributed by atoms with van der Waals surface area (Å²) in [5.41, 5.74) is 0.871. The van der Waals surface area contributed by atoms with E-state index in [2.05, 4.69) is 42.1 Å². The van der Waals surface area contributed by atoms with Crippen LogP contribution in [-0.4, -0.2) is 37.4 Å². The molecule has 6 nitrogen and oxygen atoms in total. The molecule has 0 unspecified atom stereocenters. The van der Waals surface area contributed by atoms with Gasteiger partial charge in [-0.2, -0.15) is 10.2 Å². The number of amides is 1. The first-order valence-corrected chi connectivity index (χ1v) is 8.79. The highest BCUT2D eigenvalue weighted by Gasteiger charge is 2.22. The Balaban J connectivity index is 2.09. The number of hydrogen-bond donors (Lipinski definition) is 0. The molecule has 0 aliphatic carbocycles. The zero-order valence-electron chi connectivity index (χ0n) is 13.4. The van der Waals surface area contributed by atoms with Crippen LogP contribution in [0.25, 0.3) is 0 Å². The molecule has 0 saturated heterocycles. The predicted octanol–water partition coefficient (Wildman–Crippen LogP) is 3.53. The van der Waals surface area contributed by atoms with E-state index in [4.69, 9.17) is 0 Å². The van der Waals surface area contributed by atoms with Crippen molar-refractivity contribution in [1.29, 1.82) is 0 Å². The van der Waals surface area contributed by atoms with E-state index in [0.29, 0.717) is 12.2 Å². The number of hydrogen-bond acceptors (Lipinski definition) is 3. The molecule has 0 bridgehead atoms. The van der Waals surface area contributed by atoms with Crippen molar-refractivity contribution in [2.75, 3.05) is 7.05 Å². The monoisotopic (exact) mass is 467 g/mol. The van der Waals surface area contributed by atoms with Crippen LogP contribution >= 0.6 is 31.9 Å². The molecule has 0 spiro atoms. The van der Waals surface area contributed by atoms with Gasteiger partial charge in [-0.05, 0) is 45.7 Å². The molecule has 0 radical (unpaired) electrons. The van der Waals surface area contributed by atoms with E-state index in [9.17, 15) is 13.6 Å². The van der Waals surface area contributed by atoms with Gasteiger partial charge in [0.1, 0.15) is 12.2 Å². The first-order valence-electron chi connectivity index (χ1n) is 7.21. The quantitative estimate of drug-likeness (QED) is 0.651. The average molecular weight is 469 g/mol. The van der Waals surface area contributed by atoms with E-state index in [1.54, 1.807) is 18.7 Å². The molecule has 1 amide bonds. The van der Waals surface area contributed by atoms with Crippen LogP contribution in [0.3, 0.4) is 0 Å². The highest BCUT2D eigenvalue weighted by molar-refractivity contribution is 9.10. The summed E-state index contributed by atoms with van der Waals surface area (Å²) in [7, 11) is 1.64. The summed E-state index contributed by atoms with van der Waals surface area (Å²) in [5, 5.41) is 8.18. The second kappa shape index (κ2) is 7.73. The molecule has 0 aromatic carbocycles. The van der Waals surface area contributed by atoms with Gasteiger partial charge in [0.25, 0.3) is 6.43 Å². The fraction of sp³-hybridized carbons (Fsp3) is 0.500. The van der Waals surface area contributed by atoms with Gasteiger partial charge in [-0.25, -0.2) is 8.78 Å². The average Bonchev–Trinajstić information content (AvgIpc) is 3.02. The Morgan fingerprint density at radius 1 is 1.38 bits per heavy atom. The Bertz CT molecular complexity index is 744. The highest BCUT2D eigenvalue weighted by atomic mass is 79.9. The van der Waals surface area contributed by atoms with Gasteiger partial charge in [-0.3, -0.25) is 14.2 Å². The molecule has 132 valence electrons. The van der Waals surface area contributed by atoms with Crippen molar-refractivity contribution >= 4 is 37.8 Å². The van der Waals surface area contributed by atoms with Gasteiger partial charge in [0.05, 0.1) is 26.9 Å². The van der Waals surface area contributed by atoms with Gasteiger partial charge in [0.2, 0.25) is 5.91 Å². The zero-order valence-corrected chi connectivity index (χ0v) is 16.6. The van der Waals surface area contributed by atoms with E-state index in [1.165, 1.54) is 9.58 Å². The minimum Gasteiger partial charge on any atom is -0.338 e. The molecule has 2 aromatic rings. The number of halogens is 4. The second-order valence-electron chi connectivity index (χ2n) is 5.27. The van der Waals surface area contributed by atoms with Crippen molar-refractivity contribution in [3.05, 3.63) is 32.2 Å². The number of alkyl halides is 2. The Labute approximate surface area is 155 Å². The number of likely N-dealkylation sites (N-methyl/N-ethyl adjacent to an activating group) is 1. The summed E-state index contributed by atoms with van der Waals surface area (Å²) in [6.07, 6.45) is -0.849. The third kappa shape index (κ3) is 4.02. The Hall–Kier alpha value is -1.29. The minimum atomic E-state index is -2.69. The largest absolute Gasteiger partial charge is 0.338 e. The van der Waals surface area contributed by atoms with Gasteiger partial charge in [-0.1, -0.05) is 0 Å². The van der Waals surface area contributed by atoms with Crippen molar-refractivity contribution < 1.29 is 13.6 Å². The topological polar surface area (TPSA) is 56.0 Å². The third-order valence-corrected chi connectivity index (χ3v) is 5.22. The molecule has 0 saturated carbocycles. The lowest BCUT2D eigenvalue weighted by atomic mass is 10.3. The first-order chi connectivity index (χ1) is 11.2. The molecule has 2 rings (SSSR count). The van der Waals surface area contributed by atoms with Crippen molar-refractivity contribution in [1.82, 2.24) is 24.5 Å². The Morgan fingerprint density at radius 2 is 2.04 bits per heavy atom. The van der Waals surface area contributed by atoms with Crippen LogP contribution in [0.1, 0.15) is 30.4 Å². The Kier molecular flexibility index (Phi) is 6.13. The fourth-order valence-electron chi connectivity index (χ4n) is 2.11. The van der Waals surface area contributed by atoms with E-state index in [1.807, 2.05) is 13.1 Å². The van der Waals surface area contributed by atoms with Crippen molar-refractivity contribution in [2.45, 2.75) is 39.9 Å². The summed E-state index contributed by atoms with van der Waals surface area (Å²) in [4.78, 5) is 13.8. The van der Waals surface area contributed by atoms with Gasteiger partial charge in [0.15, 0.2) is 0 Å². The molecular formula is C14H17Br2F2N5O. The molecule has 0 aliphatic heterocycles. The van der Waals surface area contributed by atoms with Crippen molar-refractivity contribution in [3.8, 4) is 0 Å². The van der Waals surface area contributed by atoms with Crippen LogP contribution in [-0.2, 0) is 24.4 Å². The summed E-state index contributed by atoms with van der Waals surface area (Å²) in [5.74, 6) is -0.244. The van der Waals surface area contributed by atoms with Gasteiger partial charge in [-0.15, -0.1) is 0 Å². The van der Waals surface area contributed by atoms with Crippen LogP contribution in [0, 0.1) is 6.92 Å². The lowest BCUT2D eigenvalue weighted by molar-refractivity contribution is -0.131. The molecule has 0 atom stereocenters. The maximum atomic E-state index is 12.9. The standard InChI is InChI=1S/C14H17Br2F2N5O/c1-4-22-5-9(15)10(19-22)6-21(3)11(24)7-23-8(2)12(16)13(20-23)14(17)18/h5,14H,4,6-7H2,1-3H3. The van der Waals surface area contributed by atoms with Crippen LogP contribution in [0.5, 0.6) is 0 Å². The summed E-state index contributed by atoms with van der Waals surface area (Å²) in [6.45, 7) is 4.54. The van der Waals surface area contributed by atoms with E-state index in [0.717, 1.165) is 16.7 Å². The van der Waals surface area contributed by atoms with Crippen LogP contribution in [0.4, 0.5) is 8.78 Å². The summed E-state index contributed by atoms with van der Waals surface area (Å²) in [6, 6.07) is 0. The SMILES string of the molecule is CCn1cc(Br)c(CN(C)C(=O)Cn2nc(C(F)F)c(Br)c2C)n1. The lowest BCUT2D eigenvalue weighted by Gasteiger charge is -2.16. The van der Waals surface area contributed by atoms with Gasteiger partial charge >= 0.3 is 0 Å².